The van der Waals surface area contributed by atoms with Crippen LogP contribution in [0.5, 0.6) is 0 Å². The number of rotatable bonds is 4. The van der Waals surface area contributed by atoms with E-state index in [0.29, 0.717) is 18.8 Å². The number of nitrogens with two attached hydrogens (primary N) is 1. The van der Waals surface area contributed by atoms with Crippen molar-refractivity contribution in [1.82, 2.24) is 9.71 Å². The first-order valence-electron chi connectivity index (χ1n) is 6.71. The van der Waals surface area contributed by atoms with Crippen LogP contribution < -0.4 is 10.5 Å². The topological polar surface area (TPSA) is 85.1 Å². The van der Waals surface area contributed by atoms with Gasteiger partial charge in [-0.05, 0) is 43.7 Å². The molecule has 3 N–H and O–H groups in total. The molecule has 0 amide bonds. The van der Waals surface area contributed by atoms with Gasteiger partial charge in [0.25, 0.3) is 10.0 Å². The Bertz CT molecular complexity index is 641. The first-order chi connectivity index (χ1) is 9.77. The lowest BCUT2D eigenvalue weighted by molar-refractivity contribution is 0.288. The van der Waals surface area contributed by atoms with Crippen LogP contribution in [-0.2, 0) is 10.0 Å². The van der Waals surface area contributed by atoms with E-state index in [4.69, 9.17) is 18.0 Å². The monoisotopic (exact) mass is 331 g/mol. The lowest BCUT2D eigenvalue weighted by Gasteiger charge is -2.38. The number of hydrogen-bond acceptors (Lipinski definition) is 4. The maximum Gasteiger partial charge on any atom is 0.261 e. The van der Waals surface area contributed by atoms with Crippen molar-refractivity contribution >= 4 is 27.2 Å². The Kier molecular flexibility index (Phi) is 4.60. The SMILES string of the molecule is CC1CCC(NS(=O)(=O)c2ncccc2F)(C(N)=S)CC1. The van der Waals surface area contributed by atoms with Crippen molar-refractivity contribution in [2.45, 2.75) is 43.2 Å². The Labute approximate surface area is 129 Å². The number of nitrogens with zero attached hydrogens (tertiary/aromatic N) is 1. The summed E-state index contributed by atoms with van der Waals surface area (Å²) in [5.41, 5.74) is 4.77. The highest BCUT2D eigenvalue weighted by atomic mass is 32.2. The van der Waals surface area contributed by atoms with Crippen LogP contribution in [0.25, 0.3) is 0 Å². The fourth-order valence-electron chi connectivity index (χ4n) is 2.53. The van der Waals surface area contributed by atoms with E-state index in [0.717, 1.165) is 18.9 Å². The number of thiocarbonyl (C=S) groups is 1. The third-order valence-corrected chi connectivity index (χ3v) is 5.77. The van der Waals surface area contributed by atoms with Gasteiger partial charge in [-0.1, -0.05) is 19.1 Å². The van der Waals surface area contributed by atoms with Crippen molar-refractivity contribution in [3.63, 3.8) is 0 Å². The quantitative estimate of drug-likeness (QED) is 0.821. The van der Waals surface area contributed by atoms with Crippen molar-refractivity contribution in [2.24, 2.45) is 11.7 Å². The third kappa shape index (κ3) is 3.38. The number of aromatic nitrogens is 1. The second-order valence-corrected chi connectivity index (χ2v) is 7.56. The number of nitrogens with one attached hydrogen (secondary N) is 1. The molecule has 116 valence electrons. The molecule has 0 aromatic carbocycles. The van der Waals surface area contributed by atoms with Crippen LogP contribution in [0.1, 0.15) is 32.6 Å². The van der Waals surface area contributed by atoms with Crippen LogP contribution in [0.4, 0.5) is 4.39 Å². The Hall–Kier alpha value is -1.12. The molecule has 0 bridgehead atoms. The van der Waals surface area contributed by atoms with E-state index >= 15 is 0 Å². The average Bonchev–Trinajstić information content (AvgIpc) is 2.41. The van der Waals surface area contributed by atoms with Gasteiger partial charge in [-0.3, -0.25) is 0 Å². The highest BCUT2D eigenvalue weighted by Gasteiger charge is 2.41. The van der Waals surface area contributed by atoms with E-state index in [1.807, 2.05) is 0 Å². The minimum atomic E-state index is -4.12. The first kappa shape index (κ1) is 16.3. The van der Waals surface area contributed by atoms with Crippen molar-refractivity contribution in [2.75, 3.05) is 0 Å². The molecule has 0 radical (unpaired) electrons. The second kappa shape index (κ2) is 5.94. The van der Waals surface area contributed by atoms with Gasteiger partial charge in [-0.2, -0.15) is 4.72 Å². The van der Waals surface area contributed by atoms with Crippen molar-refractivity contribution < 1.29 is 12.8 Å². The summed E-state index contributed by atoms with van der Waals surface area (Å²) < 4.78 is 40.9. The van der Waals surface area contributed by atoms with E-state index in [2.05, 4.69) is 16.6 Å². The molecule has 1 aromatic rings. The molecular weight excluding hydrogens is 313 g/mol. The second-order valence-electron chi connectivity index (χ2n) is 5.52. The number of sulfonamides is 1. The Morgan fingerprint density at radius 1 is 1.52 bits per heavy atom. The summed E-state index contributed by atoms with van der Waals surface area (Å²) in [5.74, 6) is -0.407. The number of pyridine rings is 1. The zero-order valence-electron chi connectivity index (χ0n) is 11.7. The molecule has 0 saturated heterocycles. The molecule has 0 aliphatic heterocycles. The van der Waals surface area contributed by atoms with Crippen LogP contribution in [-0.4, -0.2) is 23.9 Å². The fourth-order valence-corrected chi connectivity index (χ4v) is 4.30. The Balaban J connectivity index is 2.33. The summed E-state index contributed by atoms with van der Waals surface area (Å²) in [5, 5.41) is -0.626. The Morgan fingerprint density at radius 2 is 2.14 bits per heavy atom. The summed E-state index contributed by atoms with van der Waals surface area (Å²) in [6, 6.07) is 2.39. The molecular formula is C13H18FN3O2S2. The molecule has 1 aliphatic rings. The smallest absolute Gasteiger partial charge is 0.261 e. The van der Waals surface area contributed by atoms with Crippen molar-refractivity contribution in [3.8, 4) is 0 Å². The van der Waals surface area contributed by atoms with Crippen molar-refractivity contribution in [1.29, 1.82) is 0 Å². The van der Waals surface area contributed by atoms with Gasteiger partial charge in [-0.25, -0.2) is 17.8 Å². The van der Waals surface area contributed by atoms with Crippen LogP contribution in [0, 0.1) is 11.7 Å². The fraction of sp³-hybridized carbons (Fsp3) is 0.538. The van der Waals surface area contributed by atoms with Gasteiger partial charge < -0.3 is 5.73 Å². The lowest BCUT2D eigenvalue weighted by atomic mass is 9.78. The molecule has 5 nitrogen and oxygen atoms in total. The largest absolute Gasteiger partial charge is 0.392 e. The lowest BCUT2D eigenvalue weighted by Crippen LogP contribution is -2.58. The molecule has 0 atom stereocenters. The van der Waals surface area contributed by atoms with Crippen molar-refractivity contribution in [3.05, 3.63) is 24.1 Å². The van der Waals surface area contributed by atoms with Gasteiger partial charge >= 0.3 is 0 Å². The highest BCUT2D eigenvalue weighted by molar-refractivity contribution is 7.89. The third-order valence-electron chi connectivity index (χ3n) is 3.91. The zero-order chi connectivity index (χ0) is 15.7. The normalized spacial score (nSPS) is 26.5. The van der Waals surface area contributed by atoms with Gasteiger partial charge in [-0.15, -0.1) is 0 Å². The molecule has 1 aliphatic carbocycles. The number of halogens is 1. The van der Waals surface area contributed by atoms with E-state index in [1.165, 1.54) is 12.3 Å². The van der Waals surface area contributed by atoms with Gasteiger partial charge in [0.05, 0.1) is 10.5 Å². The predicted octanol–water partition coefficient (Wildman–Crippen LogP) is 1.73. The molecule has 2 rings (SSSR count). The molecule has 1 aromatic heterocycles. The van der Waals surface area contributed by atoms with Gasteiger partial charge in [0, 0.05) is 6.20 Å². The van der Waals surface area contributed by atoms with Crippen LogP contribution in [0.3, 0.4) is 0 Å². The summed E-state index contributed by atoms with van der Waals surface area (Å²) in [4.78, 5) is 3.70. The van der Waals surface area contributed by atoms with E-state index in [-0.39, 0.29) is 4.99 Å². The number of hydrogen-bond donors (Lipinski definition) is 2. The average molecular weight is 331 g/mol. The predicted molar refractivity (Wildman–Crippen MR) is 81.7 cm³/mol. The molecule has 0 unspecified atom stereocenters. The summed E-state index contributed by atoms with van der Waals surface area (Å²) >= 11 is 5.05. The highest BCUT2D eigenvalue weighted by Crippen LogP contribution is 2.33. The molecule has 1 saturated carbocycles. The molecule has 1 heterocycles. The minimum absolute atomic E-state index is 0.0920. The first-order valence-corrected chi connectivity index (χ1v) is 8.60. The van der Waals surface area contributed by atoms with Gasteiger partial charge in [0.2, 0.25) is 5.03 Å². The van der Waals surface area contributed by atoms with Gasteiger partial charge in [0.15, 0.2) is 5.82 Å². The van der Waals surface area contributed by atoms with Gasteiger partial charge in [0.1, 0.15) is 0 Å². The Morgan fingerprint density at radius 3 is 2.67 bits per heavy atom. The summed E-state index contributed by atoms with van der Waals surface area (Å²) in [6.45, 7) is 2.09. The summed E-state index contributed by atoms with van der Waals surface area (Å²) in [6.07, 6.45) is 3.87. The molecule has 1 fully saturated rings. The van der Waals surface area contributed by atoms with E-state index < -0.39 is 26.4 Å². The molecule has 0 spiro atoms. The zero-order valence-corrected chi connectivity index (χ0v) is 13.3. The summed E-state index contributed by atoms with van der Waals surface area (Å²) in [7, 11) is -4.12. The molecule has 8 heteroatoms. The van der Waals surface area contributed by atoms with Crippen LogP contribution >= 0.6 is 12.2 Å². The molecule has 21 heavy (non-hydrogen) atoms. The minimum Gasteiger partial charge on any atom is -0.392 e. The van der Waals surface area contributed by atoms with Crippen LogP contribution in [0.15, 0.2) is 23.4 Å². The van der Waals surface area contributed by atoms with Crippen LogP contribution in [0.2, 0.25) is 0 Å². The maximum absolute atomic E-state index is 13.7. The maximum atomic E-state index is 13.7. The van der Waals surface area contributed by atoms with E-state index in [1.54, 1.807) is 0 Å². The van der Waals surface area contributed by atoms with E-state index in [9.17, 15) is 12.8 Å². The standard InChI is InChI=1S/C13H18FN3O2S2/c1-9-4-6-13(7-5-9,12(15)20)17-21(18,19)11-10(14)3-2-8-16-11/h2-3,8-9,17H,4-7H2,1H3,(H2,15,20).